The van der Waals surface area contributed by atoms with Crippen molar-refractivity contribution < 1.29 is 9.18 Å². The van der Waals surface area contributed by atoms with Crippen LogP contribution in [0.4, 0.5) is 4.39 Å². The predicted octanol–water partition coefficient (Wildman–Crippen LogP) is 2.58. The van der Waals surface area contributed by atoms with Gasteiger partial charge < -0.3 is 11.1 Å². The van der Waals surface area contributed by atoms with E-state index in [9.17, 15) is 9.18 Å². The van der Waals surface area contributed by atoms with E-state index in [1.807, 2.05) is 20.8 Å². The fourth-order valence-corrected chi connectivity index (χ4v) is 1.72. The second kappa shape index (κ2) is 5.67. The molecule has 1 rings (SSSR count). The molecular formula is C13H18ClFN2O. The number of carbonyl (C=O) groups is 1. The van der Waals surface area contributed by atoms with Crippen LogP contribution in [0.5, 0.6) is 0 Å². The van der Waals surface area contributed by atoms with Crippen LogP contribution >= 0.6 is 11.6 Å². The van der Waals surface area contributed by atoms with Crippen molar-refractivity contribution in [2.45, 2.75) is 26.8 Å². The minimum Gasteiger partial charge on any atom is -0.347 e. The Kier molecular flexibility index (Phi) is 4.71. The Hall–Kier alpha value is -1.13. The van der Waals surface area contributed by atoms with Gasteiger partial charge in [0, 0.05) is 12.6 Å². The Bertz CT molecular complexity index is 443. The largest absolute Gasteiger partial charge is 0.347 e. The van der Waals surface area contributed by atoms with Crippen molar-refractivity contribution >= 4 is 17.5 Å². The lowest BCUT2D eigenvalue weighted by Crippen LogP contribution is -2.48. The zero-order valence-corrected chi connectivity index (χ0v) is 11.5. The molecule has 100 valence electrons. The van der Waals surface area contributed by atoms with Crippen LogP contribution in [0, 0.1) is 11.2 Å². The van der Waals surface area contributed by atoms with E-state index in [4.69, 9.17) is 17.3 Å². The van der Waals surface area contributed by atoms with Crippen LogP contribution in [-0.4, -0.2) is 18.5 Å². The molecule has 0 spiro atoms. The zero-order valence-electron chi connectivity index (χ0n) is 10.8. The fraction of sp³-hybridized carbons (Fsp3) is 0.462. The average molecular weight is 273 g/mol. The molecule has 1 aromatic carbocycles. The minimum absolute atomic E-state index is 0.0646. The highest BCUT2D eigenvalue weighted by Gasteiger charge is 2.26. The summed E-state index contributed by atoms with van der Waals surface area (Å²) in [5, 5.41) is 2.66. The summed E-state index contributed by atoms with van der Waals surface area (Å²) in [7, 11) is 0. The molecule has 0 aliphatic heterocycles. The molecule has 1 aromatic rings. The van der Waals surface area contributed by atoms with Crippen molar-refractivity contribution in [1.29, 1.82) is 0 Å². The summed E-state index contributed by atoms with van der Waals surface area (Å²) < 4.78 is 13.7. The molecule has 0 aliphatic rings. The lowest BCUT2D eigenvalue weighted by Gasteiger charge is -2.30. The molecule has 0 bridgehead atoms. The summed E-state index contributed by atoms with van der Waals surface area (Å²) >= 11 is 5.64. The molecule has 1 amide bonds. The molecule has 0 radical (unpaired) electrons. The zero-order chi connectivity index (χ0) is 13.9. The molecule has 1 atom stereocenters. The topological polar surface area (TPSA) is 55.1 Å². The monoisotopic (exact) mass is 272 g/mol. The summed E-state index contributed by atoms with van der Waals surface area (Å²) in [6.45, 7) is 6.16. The fourth-order valence-electron chi connectivity index (χ4n) is 1.54. The van der Waals surface area contributed by atoms with E-state index in [1.54, 1.807) is 0 Å². The molecule has 0 heterocycles. The van der Waals surface area contributed by atoms with Crippen molar-refractivity contribution in [3.05, 3.63) is 34.6 Å². The highest BCUT2D eigenvalue weighted by Crippen LogP contribution is 2.21. The Morgan fingerprint density at radius 3 is 2.61 bits per heavy atom. The first kappa shape index (κ1) is 14.9. The van der Waals surface area contributed by atoms with Gasteiger partial charge in [0.25, 0.3) is 5.91 Å². The van der Waals surface area contributed by atoms with Crippen LogP contribution in [0.1, 0.15) is 31.1 Å². The Balaban J connectivity index is 2.92. The van der Waals surface area contributed by atoms with E-state index >= 15 is 0 Å². The van der Waals surface area contributed by atoms with Crippen molar-refractivity contribution in [1.82, 2.24) is 5.32 Å². The van der Waals surface area contributed by atoms with Crippen LogP contribution in [-0.2, 0) is 0 Å². The summed E-state index contributed by atoms with van der Waals surface area (Å²) in [5.74, 6) is -1.21. The van der Waals surface area contributed by atoms with Crippen LogP contribution in [0.25, 0.3) is 0 Å². The van der Waals surface area contributed by atoms with Gasteiger partial charge >= 0.3 is 0 Å². The number of rotatable bonds is 3. The molecule has 0 saturated carbocycles. The Labute approximate surface area is 112 Å². The van der Waals surface area contributed by atoms with E-state index in [-0.39, 0.29) is 28.6 Å². The van der Waals surface area contributed by atoms with Gasteiger partial charge in [-0.2, -0.15) is 0 Å². The first-order valence-electron chi connectivity index (χ1n) is 5.72. The third-order valence-electron chi connectivity index (χ3n) is 2.78. The van der Waals surface area contributed by atoms with Gasteiger partial charge in [0.05, 0.1) is 10.6 Å². The number of nitrogens with two attached hydrogens (primary N) is 1. The smallest absolute Gasteiger partial charge is 0.254 e. The van der Waals surface area contributed by atoms with Crippen LogP contribution in [0.15, 0.2) is 18.2 Å². The standard InChI is InChI=1S/C13H18ClFN2O/c1-13(2,3)10(7-16)17-12(18)8-5-4-6-9(14)11(8)15/h4-6,10H,7,16H2,1-3H3,(H,17,18). The number of benzene rings is 1. The Morgan fingerprint density at radius 1 is 1.50 bits per heavy atom. The van der Waals surface area contributed by atoms with Gasteiger partial charge in [-0.15, -0.1) is 0 Å². The molecule has 3 N–H and O–H groups in total. The van der Waals surface area contributed by atoms with Crippen molar-refractivity contribution in [3.63, 3.8) is 0 Å². The van der Waals surface area contributed by atoms with Crippen LogP contribution < -0.4 is 11.1 Å². The molecule has 0 aromatic heterocycles. The number of nitrogens with one attached hydrogen (secondary N) is 1. The van der Waals surface area contributed by atoms with E-state index in [2.05, 4.69) is 5.32 Å². The molecule has 3 nitrogen and oxygen atoms in total. The van der Waals surface area contributed by atoms with Gasteiger partial charge in [0.1, 0.15) is 0 Å². The van der Waals surface area contributed by atoms with Crippen molar-refractivity contribution in [2.24, 2.45) is 11.1 Å². The number of hydrogen-bond acceptors (Lipinski definition) is 2. The normalized spacial score (nSPS) is 13.2. The highest BCUT2D eigenvalue weighted by molar-refractivity contribution is 6.31. The maximum Gasteiger partial charge on any atom is 0.254 e. The summed E-state index contributed by atoms with van der Waals surface area (Å²) in [6.07, 6.45) is 0. The SMILES string of the molecule is CC(C)(C)C(CN)NC(=O)c1cccc(Cl)c1F. The number of hydrogen-bond donors (Lipinski definition) is 2. The molecule has 0 aliphatic carbocycles. The molecule has 18 heavy (non-hydrogen) atoms. The summed E-state index contributed by atoms with van der Waals surface area (Å²) in [4.78, 5) is 12.0. The van der Waals surface area contributed by atoms with Crippen molar-refractivity contribution in [2.75, 3.05) is 6.54 Å². The maximum atomic E-state index is 13.7. The number of halogens is 2. The quantitative estimate of drug-likeness (QED) is 0.889. The second-order valence-corrected chi connectivity index (χ2v) is 5.64. The lowest BCUT2D eigenvalue weighted by atomic mass is 9.86. The first-order chi connectivity index (χ1) is 8.27. The number of carbonyl (C=O) groups excluding carboxylic acids is 1. The lowest BCUT2D eigenvalue weighted by molar-refractivity contribution is 0.0901. The van der Waals surface area contributed by atoms with Gasteiger partial charge in [0.15, 0.2) is 5.82 Å². The van der Waals surface area contributed by atoms with Gasteiger partial charge in [-0.25, -0.2) is 4.39 Å². The second-order valence-electron chi connectivity index (χ2n) is 5.23. The van der Waals surface area contributed by atoms with Gasteiger partial charge in [-0.1, -0.05) is 38.4 Å². The van der Waals surface area contributed by atoms with E-state index < -0.39 is 11.7 Å². The summed E-state index contributed by atoms with van der Waals surface area (Å²) in [5.41, 5.74) is 5.36. The van der Waals surface area contributed by atoms with Crippen LogP contribution in [0.2, 0.25) is 5.02 Å². The van der Waals surface area contributed by atoms with Crippen LogP contribution in [0.3, 0.4) is 0 Å². The van der Waals surface area contributed by atoms with Gasteiger partial charge in [-0.05, 0) is 17.5 Å². The van der Waals surface area contributed by atoms with Gasteiger partial charge in [-0.3, -0.25) is 4.79 Å². The number of amides is 1. The third-order valence-corrected chi connectivity index (χ3v) is 3.07. The Morgan fingerprint density at radius 2 is 2.11 bits per heavy atom. The van der Waals surface area contributed by atoms with Gasteiger partial charge in [0.2, 0.25) is 0 Å². The first-order valence-corrected chi connectivity index (χ1v) is 6.10. The van der Waals surface area contributed by atoms with E-state index in [0.717, 1.165) is 0 Å². The minimum atomic E-state index is -0.707. The highest BCUT2D eigenvalue weighted by atomic mass is 35.5. The van der Waals surface area contributed by atoms with E-state index in [1.165, 1.54) is 18.2 Å². The molecule has 0 saturated heterocycles. The van der Waals surface area contributed by atoms with Crippen molar-refractivity contribution in [3.8, 4) is 0 Å². The summed E-state index contributed by atoms with van der Waals surface area (Å²) in [6, 6.07) is 4.10. The average Bonchev–Trinajstić information content (AvgIpc) is 2.27. The predicted molar refractivity (Wildman–Crippen MR) is 71.2 cm³/mol. The molecular weight excluding hydrogens is 255 g/mol. The third kappa shape index (κ3) is 3.43. The molecule has 0 fully saturated rings. The maximum absolute atomic E-state index is 13.7. The molecule has 5 heteroatoms. The molecule has 1 unspecified atom stereocenters. The van der Waals surface area contributed by atoms with E-state index in [0.29, 0.717) is 0 Å².